The fourth-order valence-electron chi connectivity index (χ4n) is 1.87. The highest BCUT2D eigenvalue weighted by molar-refractivity contribution is 5.91. The molecule has 0 bridgehead atoms. The van der Waals surface area contributed by atoms with Crippen LogP contribution in [-0.4, -0.2) is 46.4 Å². The number of unbranched alkanes of at least 4 members (excludes halogenated alkanes) is 1. The highest BCUT2D eigenvalue weighted by Gasteiger charge is 2.17. The molecule has 1 aromatic rings. The van der Waals surface area contributed by atoms with Crippen LogP contribution in [0.25, 0.3) is 0 Å². The second-order valence-electron chi connectivity index (χ2n) is 4.56. The van der Waals surface area contributed by atoms with Gasteiger partial charge in [-0.05, 0) is 25.0 Å². The summed E-state index contributed by atoms with van der Waals surface area (Å²) < 4.78 is 20.8. The SMILES string of the molecule is COc1cc(C(=O)OCCCCN=C(N)N)cc(OC)c1OC. The van der Waals surface area contributed by atoms with E-state index >= 15 is 0 Å². The van der Waals surface area contributed by atoms with Crippen LogP contribution in [0.1, 0.15) is 23.2 Å². The van der Waals surface area contributed by atoms with Gasteiger partial charge < -0.3 is 30.4 Å². The van der Waals surface area contributed by atoms with Gasteiger partial charge in [0.05, 0.1) is 33.5 Å². The zero-order valence-electron chi connectivity index (χ0n) is 13.6. The van der Waals surface area contributed by atoms with Gasteiger partial charge in [0.15, 0.2) is 17.5 Å². The van der Waals surface area contributed by atoms with Crippen LogP contribution in [0.4, 0.5) is 0 Å². The number of nitrogens with zero attached hydrogens (tertiary/aromatic N) is 1. The van der Waals surface area contributed by atoms with Gasteiger partial charge in [-0.15, -0.1) is 0 Å². The Balaban J connectivity index is 2.64. The van der Waals surface area contributed by atoms with Crippen molar-refractivity contribution >= 4 is 11.9 Å². The van der Waals surface area contributed by atoms with Crippen molar-refractivity contribution in [3.05, 3.63) is 17.7 Å². The van der Waals surface area contributed by atoms with E-state index in [0.717, 1.165) is 6.42 Å². The summed E-state index contributed by atoms with van der Waals surface area (Å²) in [7, 11) is 4.46. The van der Waals surface area contributed by atoms with Crippen LogP contribution in [0.2, 0.25) is 0 Å². The quantitative estimate of drug-likeness (QED) is 0.300. The van der Waals surface area contributed by atoms with E-state index in [1.807, 2.05) is 0 Å². The van der Waals surface area contributed by atoms with Gasteiger partial charge in [-0.1, -0.05) is 0 Å². The predicted molar refractivity (Wildman–Crippen MR) is 86.3 cm³/mol. The number of esters is 1. The summed E-state index contributed by atoms with van der Waals surface area (Å²) in [5.74, 6) is 0.799. The maximum atomic E-state index is 12.1. The molecule has 0 radical (unpaired) electrons. The molecule has 0 aliphatic carbocycles. The van der Waals surface area contributed by atoms with Crippen molar-refractivity contribution in [1.82, 2.24) is 0 Å². The Morgan fingerprint density at radius 3 is 2.13 bits per heavy atom. The smallest absolute Gasteiger partial charge is 0.338 e. The Morgan fingerprint density at radius 1 is 1.04 bits per heavy atom. The van der Waals surface area contributed by atoms with E-state index in [1.165, 1.54) is 21.3 Å². The average molecular weight is 325 g/mol. The van der Waals surface area contributed by atoms with Crippen LogP contribution in [-0.2, 0) is 4.74 Å². The number of nitrogens with two attached hydrogens (primary N) is 2. The number of carbonyl (C=O) groups is 1. The first kappa shape index (κ1) is 18.4. The standard InChI is InChI=1S/C15H23N3O5/c1-20-11-8-10(9-12(21-2)13(11)22-3)14(19)23-7-5-4-6-18-15(16)17/h8-9H,4-7H2,1-3H3,(H4,16,17,18). The third-order valence-electron chi connectivity index (χ3n) is 2.98. The Kier molecular flexibility index (Phi) is 7.52. The minimum Gasteiger partial charge on any atom is -0.493 e. The van der Waals surface area contributed by atoms with Gasteiger partial charge in [0.1, 0.15) is 0 Å². The molecule has 0 aliphatic heterocycles. The zero-order chi connectivity index (χ0) is 17.2. The van der Waals surface area contributed by atoms with Crippen LogP contribution in [0, 0.1) is 0 Å². The van der Waals surface area contributed by atoms with Gasteiger partial charge in [0.2, 0.25) is 5.75 Å². The van der Waals surface area contributed by atoms with Crippen molar-refractivity contribution in [3.63, 3.8) is 0 Å². The number of carbonyl (C=O) groups excluding carboxylic acids is 1. The van der Waals surface area contributed by atoms with Crippen molar-refractivity contribution < 1.29 is 23.7 Å². The molecule has 0 fully saturated rings. The van der Waals surface area contributed by atoms with E-state index in [-0.39, 0.29) is 12.6 Å². The van der Waals surface area contributed by atoms with E-state index in [2.05, 4.69) is 4.99 Å². The predicted octanol–water partition coefficient (Wildman–Crippen LogP) is 0.923. The summed E-state index contributed by atoms with van der Waals surface area (Å²) in [4.78, 5) is 15.9. The normalized spacial score (nSPS) is 9.87. The van der Waals surface area contributed by atoms with Gasteiger partial charge in [-0.25, -0.2) is 4.79 Å². The fourth-order valence-corrected chi connectivity index (χ4v) is 1.87. The van der Waals surface area contributed by atoms with Crippen LogP contribution in [0.15, 0.2) is 17.1 Å². The highest BCUT2D eigenvalue weighted by Crippen LogP contribution is 2.38. The summed E-state index contributed by atoms with van der Waals surface area (Å²) in [6.07, 6.45) is 1.38. The van der Waals surface area contributed by atoms with Gasteiger partial charge in [0.25, 0.3) is 0 Å². The molecular formula is C15H23N3O5. The lowest BCUT2D eigenvalue weighted by atomic mass is 10.2. The number of hydrogen-bond acceptors (Lipinski definition) is 6. The maximum absolute atomic E-state index is 12.1. The number of hydrogen-bond donors (Lipinski definition) is 2. The van der Waals surface area contributed by atoms with E-state index in [1.54, 1.807) is 12.1 Å². The topological polar surface area (TPSA) is 118 Å². The second-order valence-corrected chi connectivity index (χ2v) is 4.56. The molecule has 0 unspecified atom stereocenters. The van der Waals surface area contributed by atoms with Gasteiger partial charge in [-0.3, -0.25) is 4.99 Å². The first-order chi connectivity index (χ1) is 11.0. The molecule has 23 heavy (non-hydrogen) atoms. The highest BCUT2D eigenvalue weighted by atomic mass is 16.5. The lowest BCUT2D eigenvalue weighted by Gasteiger charge is -2.13. The van der Waals surface area contributed by atoms with Gasteiger partial charge in [-0.2, -0.15) is 0 Å². The monoisotopic (exact) mass is 325 g/mol. The fraction of sp³-hybridized carbons (Fsp3) is 0.467. The van der Waals surface area contributed by atoms with Crippen LogP contribution >= 0.6 is 0 Å². The molecule has 0 spiro atoms. The molecule has 0 heterocycles. The Bertz CT molecular complexity index is 531. The lowest BCUT2D eigenvalue weighted by molar-refractivity contribution is 0.0498. The van der Waals surface area contributed by atoms with Gasteiger partial charge >= 0.3 is 5.97 Å². The molecule has 1 aromatic carbocycles. The molecule has 4 N–H and O–H groups in total. The minimum absolute atomic E-state index is 0.0550. The van der Waals surface area contributed by atoms with Crippen LogP contribution < -0.4 is 25.7 Å². The molecular weight excluding hydrogens is 302 g/mol. The number of rotatable bonds is 9. The van der Waals surface area contributed by atoms with Crippen molar-refractivity contribution in [2.24, 2.45) is 16.5 Å². The number of methoxy groups -OCH3 is 3. The molecule has 0 aromatic heterocycles. The summed E-state index contributed by atoms with van der Waals surface area (Å²) >= 11 is 0. The summed E-state index contributed by atoms with van der Waals surface area (Å²) in [6, 6.07) is 3.09. The Labute approximate surface area is 135 Å². The first-order valence-electron chi connectivity index (χ1n) is 7.06. The zero-order valence-corrected chi connectivity index (χ0v) is 13.6. The van der Waals surface area contributed by atoms with Crippen molar-refractivity contribution in [2.75, 3.05) is 34.5 Å². The van der Waals surface area contributed by atoms with E-state index in [0.29, 0.717) is 35.8 Å². The summed E-state index contributed by atoms with van der Waals surface area (Å²) in [6.45, 7) is 0.777. The van der Waals surface area contributed by atoms with Gasteiger partial charge in [0, 0.05) is 6.54 Å². The van der Waals surface area contributed by atoms with E-state index in [9.17, 15) is 4.79 Å². The summed E-state index contributed by atoms with van der Waals surface area (Å²) in [5.41, 5.74) is 10.8. The van der Waals surface area contributed by atoms with Crippen molar-refractivity contribution in [1.29, 1.82) is 0 Å². The van der Waals surface area contributed by atoms with Crippen LogP contribution in [0.3, 0.4) is 0 Å². The van der Waals surface area contributed by atoms with E-state index < -0.39 is 5.97 Å². The number of benzene rings is 1. The second kappa shape index (κ2) is 9.39. The van der Waals surface area contributed by atoms with E-state index in [4.69, 9.17) is 30.4 Å². The summed E-state index contributed by atoms with van der Waals surface area (Å²) in [5, 5.41) is 0. The molecule has 0 atom stereocenters. The first-order valence-corrected chi connectivity index (χ1v) is 7.06. The molecule has 0 saturated carbocycles. The maximum Gasteiger partial charge on any atom is 0.338 e. The van der Waals surface area contributed by atoms with Crippen LogP contribution in [0.5, 0.6) is 17.2 Å². The number of ether oxygens (including phenoxy) is 4. The van der Waals surface area contributed by atoms with Crippen molar-refractivity contribution in [3.8, 4) is 17.2 Å². The molecule has 1 rings (SSSR count). The molecule has 0 saturated heterocycles. The Morgan fingerprint density at radius 2 is 1.65 bits per heavy atom. The van der Waals surface area contributed by atoms with Crippen molar-refractivity contribution in [2.45, 2.75) is 12.8 Å². The largest absolute Gasteiger partial charge is 0.493 e. The molecule has 128 valence electrons. The molecule has 0 aliphatic rings. The number of guanidine groups is 1. The molecule has 8 heteroatoms. The Hall–Kier alpha value is -2.64. The molecule has 8 nitrogen and oxygen atoms in total. The molecule has 0 amide bonds. The number of aliphatic imine (C=N–C) groups is 1. The third kappa shape index (κ3) is 5.57. The lowest BCUT2D eigenvalue weighted by Crippen LogP contribution is -2.23. The third-order valence-corrected chi connectivity index (χ3v) is 2.98. The average Bonchev–Trinajstić information content (AvgIpc) is 2.55. The minimum atomic E-state index is -0.467.